The zero-order valence-electron chi connectivity index (χ0n) is 18.1. The van der Waals surface area contributed by atoms with Crippen molar-refractivity contribution in [2.24, 2.45) is 0 Å². The van der Waals surface area contributed by atoms with Gasteiger partial charge in [0.2, 0.25) is 12.4 Å². The molecule has 1 heterocycles. The maximum absolute atomic E-state index is 11.8. The van der Waals surface area contributed by atoms with Crippen molar-refractivity contribution >= 4 is 23.9 Å². The van der Waals surface area contributed by atoms with Crippen LogP contribution in [0.2, 0.25) is 0 Å². The van der Waals surface area contributed by atoms with Crippen LogP contribution in [0.25, 0.3) is 0 Å². The van der Waals surface area contributed by atoms with Gasteiger partial charge in [-0.2, -0.15) is 0 Å². The Labute approximate surface area is 185 Å². The van der Waals surface area contributed by atoms with Crippen LogP contribution in [0.4, 0.5) is 0 Å². The van der Waals surface area contributed by atoms with E-state index < -0.39 is 54.6 Å². The van der Waals surface area contributed by atoms with Crippen molar-refractivity contribution in [3.63, 3.8) is 0 Å². The Bertz CT molecular complexity index is 885. The van der Waals surface area contributed by atoms with Gasteiger partial charge in [-0.3, -0.25) is 19.2 Å². The van der Waals surface area contributed by atoms with Crippen LogP contribution in [0, 0.1) is 12.3 Å². The summed E-state index contributed by atoms with van der Waals surface area (Å²) >= 11 is 0. The van der Waals surface area contributed by atoms with E-state index in [2.05, 4.69) is 5.92 Å². The van der Waals surface area contributed by atoms with Crippen molar-refractivity contribution in [1.29, 1.82) is 0 Å². The lowest BCUT2D eigenvalue weighted by molar-refractivity contribution is -0.288. The monoisotopic (exact) mass is 448 g/mol. The number of esters is 4. The molecule has 0 aromatic heterocycles. The molecule has 1 aliphatic rings. The molecule has 0 bridgehead atoms. The van der Waals surface area contributed by atoms with Crippen molar-refractivity contribution in [2.75, 3.05) is 6.61 Å². The molecular formula is C22H24O10. The SMILES string of the molecule is C#Cc1ccc(O[C@H]2O[C@H](COC(C)=O)[C@@H](OC(C)=O)[C@H](OC(C)=O)[C@@H]2OC(C)=O)cc1. The van der Waals surface area contributed by atoms with Gasteiger partial charge < -0.3 is 28.4 Å². The molecule has 0 saturated carbocycles. The molecule has 1 aromatic carbocycles. The zero-order chi connectivity index (χ0) is 23.8. The van der Waals surface area contributed by atoms with Crippen LogP contribution in [0.15, 0.2) is 24.3 Å². The van der Waals surface area contributed by atoms with Gasteiger partial charge in [0.15, 0.2) is 12.2 Å². The Morgan fingerprint density at radius 2 is 1.38 bits per heavy atom. The van der Waals surface area contributed by atoms with Gasteiger partial charge in [0.1, 0.15) is 18.5 Å². The summed E-state index contributed by atoms with van der Waals surface area (Å²) in [5.74, 6) is 0.0150. The van der Waals surface area contributed by atoms with Crippen LogP contribution in [-0.2, 0) is 42.9 Å². The summed E-state index contributed by atoms with van der Waals surface area (Å²) in [7, 11) is 0. The van der Waals surface area contributed by atoms with E-state index in [0.29, 0.717) is 11.3 Å². The second-order valence-corrected chi connectivity index (χ2v) is 6.85. The Kier molecular flexibility index (Phi) is 8.61. The maximum Gasteiger partial charge on any atom is 0.303 e. The molecule has 0 spiro atoms. The molecule has 10 nitrogen and oxygen atoms in total. The van der Waals surface area contributed by atoms with Crippen LogP contribution in [0.1, 0.15) is 33.3 Å². The number of rotatable bonds is 7. The first kappa shape index (κ1) is 24.7. The second kappa shape index (κ2) is 11.2. The van der Waals surface area contributed by atoms with Gasteiger partial charge in [-0.05, 0) is 24.3 Å². The van der Waals surface area contributed by atoms with Gasteiger partial charge in [-0.1, -0.05) is 5.92 Å². The lowest BCUT2D eigenvalue weighted by Crippen LogP contribution is -2.63. The van der Waals surface area contributed by atoms with E-state index in [1.54, 1.807) is 24.3 Å². The number of terminal acetylenes is 1. The predicted molar refractivity (Wildman–Crippen MR) is 107 cm³/mol. The smallest absolute Gasteiger partial charge is 0.303 e. The van der Waals surface area contributed by atoms with Gasteiger partial charge in [0, 0.05) is 33.3 Å². The highest BCUT2D eigenvalue weighted by molar-refractivity contribution is 5.68. The highest BCUT2D eigenvalue weighted by atomic mass is 16.7. The van der Waals surface area contributed by atoms with Crippen LogP contribution in [0.3, 0.4) is 0 Å². The van der Waals surface area contributed by atoms with Crippen LogP contribution < -0.4 is 4.74 Å². The molecular weight excluding hydrogens is 424 g/mol. The van der Waals surface area contributed by atoms with Crippen LogP contribution >= 0.6 is 0 Å². The summed E-state index contributed by atoms with van der Waals surface area (Å²) in [6.45, 7) is 4.28. The van der Waals surface area contributed by atoms with Gasteiger partial charge in [0.25, 0.3) is 0 Å². The van der Waals surface area contributed by atoms with E-state index in [9.17, 15) is 19.2 Å². The molecule has 0 amide bonds. The van der Waals surface area contributed by atoms with E-state index in [4.69, 9.17) is 34.8 Å². The number of hydrogen-bond acceptors (Lipinski definition) is 10. The average Bonchev–Trinajstić information content (AvgIpc) is 2.70. The molecule has 172 valence electrons. The third-order valence-corrected chi connectivity index (χ3v) is 4.22. The Morgan fingerprint density at radius 3 is 1.88 bits per heavy atom. The van der Waals surface area contributed by atoms with E-state index in [-0.39, 0.29) is 6.61 Å². The first-order valence-corrected chi connectivity index (χ1v) is 9.64. The van der Waals surface area contributed by atoms with Gasteiger partial charge in [-0.15, -0.1) is 6.42 Å². The summed E-state index contributed by atoms with van der Waals surface area (Å²) in [5, 5.41) is 0. The Hall–Kier alpha value is -3.58. The minimum absolute atomic E-state index is 0.310. The highest BCUT2D eigenvalue weighted by Gasteiger charge is 2.53. The molecule has 2 rings (SSSR count). The van der Waals surface area contributed by atoms with E-state index in [1.807, 2.05) is 0 Å². The first-order chi connectivity index (χ1) is 15.1. The van der Waals surface area contributed by atoms with Crippen molar-refractivity contribution < 1.29 is 47.6 Å². The van der Waals surface area contributed by atoms with E-state index >= 15 is 0 Å². The zero-order valence-corrected chi connectivity index (χ0v) is 18.1. The van der Waals surface area contributed by atoms with Crippen molar-refractivity contribution in [1.82, 2.24) is 0 Å². The normalized spacial score (nSPS) is 24.4. The molecule has 1 saturated heterocycles. The molecule has 5 atom stereocenters. The third-order valence-electron chi connectivity index (χ3n) is 4.22. The van der Waals surface area contributed by atoms with E-state index in [1.165, 1.54) is 6.92 Å². The minimum atomic E-state index is -1.30. The lowest BCUT2D eigenvalue weighted by atomic mass is 9.98. The molecule has 10 heteroatoms. The van der Waals surface area contributed by atoms with Crippen molar-refractivity contribution in [2.45, 2.75) is 58.4 Å². The predicted octanol–water partition coefficient (Wildman–Crippen LogP) is 1.13. The number of ether oxygens (including phenoxy) is 6. The standard InChI is InChI=1S/C22H24O10/c1-6-16-7-9-17(10-8-16)31-22-21(30-15(5)26)20(29-14(4)25)19(28-13(3)24)18(32-22)11-27-12(2)23/h1,7-10,18-22H,11H2,2-5H3/t18-,19-,20+,21+,22+/m1/s1. The number of benzene rings is 1. The van der Waals surface area contributed by atoms with Gasteiger partial charge >= 0.3 is 23.9 Å². The summed E-state index contributed by atoms with van der Waals surface area (Å²) in [5.41, 5.74) is 0.610. The van der Waals surface area contributed by atoms with Crippen LogP contribution in [-0.4, -0.2) is 61.2 Å². The molecule has 1 aromatic rings. The Morgan fingerprint density at radius 1 is 0.844 bits per heavy atom. The van der Waals surface area contributed by atoms with Crippen molar-refractivity contribution in [3.05, 3.63) is 29.8 Å². The minimum Gasteiger partial charge on any atom is -0.463 e. The topological polar surface area (TPSA) is 124 Å². The molecule has 0 unspecified atom stereocenters. The number of carbonyl (C=O) groups excluding carboxylic acids is 4. The fraction of sp³-hybridized carbons (Fsp3) is 0.455. The summed E-state index contributed by atoms with van der Waals surface area (Å²) < 4.78 is 32.6. The quantitative estimate of drug-likeness (QED) is 0.341. The molecule has 32 heavy (non-hydrogen) atoms. The summed E-state index contributed by atoms with van der Waals surface area (Å²) in [6.07, 6.45) is -0.887. The number of carbonyl (C=O) groups is 4. The van der Waals surface area contributed by atoms with Gasteiger partial charge in [-0.25, -0.2) is 0 Å². The fourth-order valence-corrected chi connectivity index (χ4v) is 3.05. The fourth-order valence-electron chi connectivity index (χ4n) is 3.05. The summed E-state index contributed by atoms with van der Waals surface area (Å²) in [6, 6.07) is 6.40. The van der Waals surface area contributed by atoms with Gasteiger partial charge in [0.05, 0.1) is 0 Å². The molecule has 1 fully saturated rings. The number of hydrogen-bond donors (Lipinski definition) is 0. The first-order valence-electron chi connectivity index (χ1n) is 9.64. The van der Waals surface area contributed by atoms with Crippen molar-refractivity contribution in [3.8, 4) is 18.1 Å². The summed E-state index contributed by atoms with van der Waals surface area (Å²) in [4.78, 5) is 46.6. The molecule has 0 aliphatic carbocycles. The highest BCUT2D eigenvalue weighted by Crippen LogP contribution is 2.31. The second-order valence-electron chi connectivity index (χ2n) is 6.85. The van der Waals surface area contributed by atoms with E-state index in [0.717, 1.165) is 20.8 Å². The largest absolute Gasteiger partial charge is 0.463 e. The van der Waals surface area contributed by atoms with Crippen LogP contribution in [0.5, 0.6) is 5.75 Å². The Balaban J connectivity index is 2.43. The molecule has 0 N–H and O–H groups in total. The maximum atomic E-state index is 11.8. The molecule has 0 radical (unpaired) electrons. The average molecular weight is 448 g/mol. The lowest BCUT2D eigenvalue weighted by Gasteiger charge is -2.43. The third kappa shape index (κ3) is 6.99. The molecule has 1 aliphatic heterocycles.